The van der Waals surface area contributed by atoms with Gasteiger partial charge in [0.05, 0.1) is 34.7 Å². The van der Waals surface area contributed by atoms with Crippen molar-refractivity contribution < 1.29 is 28.4 Å². The summed E-state index contributed by atoms with van der Waals surface area (Å²) in [6.07, 6.45) is 1.62. The smallest absolute Gasteiger partial charge is 0.338 e. The van der Waals surface area contributed by atoms with E-state index >= 15 is 0 Å². The van der Waals surface area contributed by atoms with Crippen LogP contribution in [-0.2, 0) is 16.1 Å². The van der Waals surface area contributed by atoms with Gasteiger partial charge >= 0.3 is 11.7 Å². The first-order valence-electron chi connectivity index (χ1n) is 10.2. The van der Waals surface area contributed by atoms with Gasteiger partial charge in [-0.2, -0.15) is 0 Å². The van der Waals surface area contributed by atoms with E-state index in [0.29, 0.717) is 10.6 Å². The van der Waals surface area contributed by atoms with Crippen LogP contribution in [0.5, 0.6) is 5.75 Å². The van der Waals surface area contributed by atoms with Gasteiger partial charge in [0.1, 0.15) is 0 Å². The zero-order valence-corrected chi connectivity index (χ0v) is 18.7. The van der Waals surface area contributed by atoms with Gasteiger partial charge in [0.25, 0.3) is 5.91 Å². The van der Waals surface area contributed by atoms with Gasteiger partial charge in [0.2, 0.25) is 11.8 Å². The average molecular weight is 487 g/mol. The monoisotopic (exact) mass is 486 g/mol. The lowest BCUT2D eigenvalue weighted by atomic mass is 10.2. The Morgan fingerprint density at radius 2 is 2.00 bits per heavy atom. The summed E-state index contributed by atoms with van der Waals surface area (Å²) < 4.78 is 15.7. The van der Waals surface area contributed by atoms with Crippen LogP contribution in [0.25, 0.3) is 11.5 Å². The van der Waals surface area contributed by atoms with Crippen molar-refractivity contribution in [3.8, 4) is 17.2 Å². The third kappa shape index (κ3) is 5.15. The molecular formula is C22H19ClN4O7. The molecule has 3 aromatic rings. The second-order valence-electron chi connectivity index (χ2n) is 7.45. The molecule has 34 heavy (non-hydrogen) atoms. The van der Waals surface area contributed by atoms with Crippen molar-refractivity contribution in [1.29, 1.82) is 0 Å². The topological polar surface area (TPSA) is 138 Å². The fourth-order valence-electron chi connectivity index (χ4n) is 3.26. The van der Waals surface area contributed by atoms with Crippen LogP contribution < -0.4 is 4.74 Å². The molecule has 0 aliphatic heterocycles. The fourth-order valence-corrected chi connectivity index (χ4v) is 3.48. The summed E-state index contributed by atoms with van der Waals surface area (Å²) in [4.78, 5) is 36.8. The number of methoxy groups -OCH3 is 1. The average Bonchev–Trinajstić information content (AvgIpc) is 3.58. The Hall–Kier alpha value is -3.99. The number of amides is 1. The Morgan fingerprint density at radius 3 is 2.68 bits per heavy atom. The summed E-state index contributed by atoms with van der Waals surface area (Å²) in [7, 11) is 1.17. The number of halogens is 1. The van der Waals surface area contributed by atoms with Crippen molar-refractivity contribution in [2.75, 3.05) is 13.7 Å². The number of hydrogen-bond acceptors (Lipinski definition) is 9. The van der Waals surface area contributed by atoms with Crippen molar-refractivity contribution in [3.63, 3.8) is 0 Å². The SMILES string of the molecule is COC(=O)c1ccc(OCC(=O)N(Cc2nnc(-c3ccccc3Cl)o2)C2CC2)c([N+](=O)[O-])c1. The summed E-state index contributed by atoms with van der Waals surface area (Å²) in [5.74, 6) is -0.793. The van der Waals surface area contributed by atoms with E-state index in [1.54, 1.807) is 29.2 Å². The van der Waals surface area contributed by atoms with Gasteiger partial charge in [-0.3, -0.25) is 14.9 Å². The number of nitrogens with zero attached hydrogens (tertiary/aromatic N) is 4. The highest BCUT2D eigenvalue weighted by molar-refractivity contribution is 6.33. The lowest BCUT2D eigenvalue weighted by Crippen LogP contribution is -2.36. The number of carbonyl (C=O) groups is 2. The Labute approximate surface area is 198 Å². The zero-order valence-electron chi connectivity index (χ0n) is 18.0. The van der Waals surface area contributed by atoms with Crippen LogP contribution in [0.1, 0.15) is 29.1 Å². The highest BCUT2D eigenvalue weighted by Gasteiger charge is 2.34. The van der Waals surface area contributed by atoms with Crippen LogP contribution in [-0.4, -0.2) is 51.7 Å². The summed E-state index contributed by atoms with van der Waals surface area (Å²) in [6.45, 7) is -0.381. The minimum Gasteiger partial charge on any atom is -0.477 e. The molecule has 0 spiro atoms. The van der Waals surface area contributed by atoms with E-state index in [0.717, 1.165) is 18.9 Å². The molecule has 1 amide bonds. The van der Waals surface area contributed by atoms with Crippen molar-refractivity contribution in [2.24, 2.45) is 0 Å². The number of ether oxygens (including phenoxy) is 2. The van der Waals surface area contributed by atoms with Gasteiger partial charge in [-0.25, -0.2) is 4.79 Å². The molecule has 0 N–H and O–H groups in total. The molecule has 1 saturated carbocycles. The molecule has 0 atom stereocenters. The number of hydrogen-bond donors (Lipinski definition) is 0. The van der Waals surface area contributed by atoms with E-state index < -0.39 is 29.1 Å². The maximum Gasteiger partial charge on any atom is 0.338 e. The van der Waals surface area contributed by atoms with Gasteiger partial charge in [0, 0.05) is 12.1 Å². The molecule has 176 valence electrons. The molecule has 0 saturated heterocycles. The third-order valence-corrected chi connectivity index (χ3v) is 5.44. The normalized spacial score (nSPS) is 12.8. The van der Waals surface area contributed by atoms with Crippen molar-refractivity contribution >= 4 is 29.2 Å². The van der Waals surface area contributed by atoms with Gasteiger partial charge in [-0.1, -0.05) is 23.7 Å². The van der Waals surface area contributed by atoms with Crippen LogP contribution >= 0.6 is 11.6 Å². The highest BCUT2D eigenvalue weighted by Crippen LogP contribution is 2.31. The van der Waals surface area contributed by atoms with Crippen LogP contribution in [0.3, 0.4) is 0 Å². The Kier molecular flexibility index (Phi) is 6.73. The number of benzene rings is 2. The van der Waals surface area contributed by atoms with E-state index in [9.17, 15) is 19.7 Å². The number of rotatable bonds is 9. The quantitative estimate of drug-likeness (QED) is 0.252. The van der Waals surface area contributed by atoms with E-state index in [2.05, 4.69) is 14.9 Å². The van der Waals surface area contributed by atoms with E-state index in [1.165, 1.54) is 19.2 Å². The molecule has 1 aromatic heterocycles. The molecule has 2 aromatic carbocycles. The van der Waals surface area contributed by atoms with Gasteiger partial charge in [0.15, 0.2) is 12.4 Å². The molecule has 0 radical (unpaired) electrons. The first kappa shape index (κ1) is 23.2. The second kappa shape index (κ2) is 9.87. The Morgan fingerprint density at radius 1 is 1.24 bits per heavy atom. The lowest BCUT2D eigenvalue weighted by Gasteiger charge is -2.20. The summed E-state index contributed by atoms with van der Waals surface area (Å²) in [5.41, 5.74) is 0.131. The second-order valence-corrected chi connectivity index (χ2v) is 7.86. The van der Waals surface area contributed by atoms with Crippen LogP contribution in [0.15, 0.2) is 46.9 Å². The van der Waals surface area contributed by atoms with Gasteiger partial charge in [-0.15, -0.1) is 10.2 Å². The largest absolute Gasteiger partial charge is 0.477 e. The number of nitro groups is 1. The van der Waals surface area contributed by atoms with E-state index in [4.69, 9.17) is 20.8 Å². The summed E-state index contributed by atoms with van der Waals surface area (Å²) in [6, 6.07) is 10.6. The van der Waals surface area contributed by atoms with E-state index in [-0.39, 0.29) is 35.7 Å². The van der Waals surface area contributed by atoms with Gasteiger partial charge < -0.3 is 18.8 Å². The molecule has 12 heteroatoms. The molecule has 4 rings (SSSR count). The Balaban J connectivity index is 1.45. The van der Waals surface area contributed by atoms with E-state index in [1.807, 2.05) is 0 Å². The standard InChI is InChI=1S/C22H19ClN4O7/c1-32-22(29)13-6-9-18(17(10-13)27(30)31)33-12-20(28)26(14-7-8-14)11-19-24-25-21(34-19)15-4-2-3-5-16(15)23/h2-6,9-10,14H,7-8,11-12H2,1H3. The number of esters is 1. The predicted octanol–water partition coefficient (Wildman–Crippen LogP) is 3.65. The summed E-state index contributed by atoms with van der Waals surface area (Å²) in [5, 5.41) is 19.9. The van der Waals surface area contributed by atoms with Crippen LogP contribution in [0.4, 0.5) is 5.69 Å². The highest BCUT2D eigenvalue weighted by atomic mass is 35.5. The maximum absolute atomic E-state index is 12.9. The maximum atomic E-state index is 12.9. The number of carbonyl (C=O) groups excluding carboxylic acids is 2. The third-order valence-electron chi connectivity index (χ3n) is 5.11. The molecule has 1 aliphatic carbocycles. The number of aromatic nitrogens is 2. The lowest BCUT2D eigenvalue weighted by molar-refractivity contribution is -0.385. The zero-order chi connectivity index (χ0) is 24.2. The molecule has 1 aliphatic rings. The fraction of sp³-hybridized carbons (Fsp3) is 0.273. The minimum atomic E-state index is -0.721. The molecule has 11 nitrogen and oxygen atoms in total. The molecule has 0 unspecified atom stereocenters. The molecular weight excluding hydrogens is 468 g/mol. The first-order chi connectivity index (χ1) is 16.4. The van der Waals surface area contributed by atoms with Crippen molar-refractivity contribution in [3.05, 3.63) is 69.1 Å². The van der Waals surface area contributed by atoms with Crippen molar-refractivity contribution in [1.82, 2.24) is 15.1 Å². The van der Waals surface area contributed by atoms with Crippen LogP contribution in [0.2, 0.25) is 5.02 Å². The first-order valence-corrected chi connectivity index (χ1v) is 10.6. The number of nitro benzene ring substituents is 1. The predicted molar refractivity (Wildman–Crippen MR) is 118 cm³/mol. The van der Waals surface area contributed by atoms with Crippen molar-refractivity contribution in [2.45, 2.75) is 25.4 Å². The Bertz CT molecular complexity index is 1240. The molecule has 0 bridgehead atoms. The molecule has 1 fully saturated rings. The minimum absolute atomic E-state index is 0.00167. The molecule has 1 heterocycles. The van der Waals surface area contributed by atoms with Gasteiger partial charge in [-0.05, 0) is 37.1 Å². The van der Waals surface area contributed by atoms with Crippen LogP contribution in [0, 0.1) is 10.1 Å². The summed E-state index contributed by atoms with van der Waals surface area (Å²) >= 11 is 6.17.